The Balaban J connectivity index is 2.19. The number of carboxylic acids is 1. The summed E-state index contributed by atoms with van der Waals surface area (Å²) >= 11 is 0. The molecule has 0 aromatic carbocycles. The maximum absolute atomic E-state index is 12.4. The summed E-state index contributed by atoms with van der Waals surface area (Å²) in [6, 6.07) is 3.29. The van der Waals surface area contributed by atoms with Crippen LogP contribution in [0.2, 0.25) is 0 Å². The standard InChI is InChI=1S/C13H16N2O4/c1-8-6-15(7-10(8)13(17)18)12(16)9-4-3-5-14-11(9)19-2/h3-5,8,10H,6-7H2,1-2H3,(H,17,18). The molecule has 1 aromatic heterocycles. The molecule has 102 valence electrons. The summed E-state index contributed by atoms with van der Waals surface area (Å²) in [5, 5.41) is 9.08. The zero-order valence-corrected chi connectivity index (χ0v) is 10.9. The molecule has 2 atom stereocenters. The summed E-state index contributed by atoms with van der Waals surface area (Å²) < 4.78 is 5.05. The Bertz CT molecular complexity index is 503. The maximum atomic E-state index is 12.4. The SMILES string of the molecule is COc1ncccc1C(=O)N1CC(C)C(C(=O)O)C1. The van der Waals surface area contributed by atoms with Gasteiger partial charge in [-0.15, -0.1) is 0 Å². The number of carboxylic acid groups (broad SMARTS) is 1. The average molecular weight is 264 g/mol. The van der Waals surface area contributed by atoms with E-state index >= 15 is 0 Å². The van der Waals surface area contributed by atoms with Gasteiger partial charge in [0.1, 0.15) is 5.56 Å². The molecule has 0 radical (unpaired) electrons. The highest BCUT2D eigenvalue weighted by molar-refractivity contribution is 5.96. The Hall–Kier alpha value is -2.11. The molecule has 2 heterocycles. The minimum absolute atomic E-state index is 0.0517. The predicted octanol–water partition coefficient (Wildman–Crippen LogP) is 0.883. The summed E-state index contributed by atoms with van der Waals surface area (Å²) in [4.78, 5) is 28.9. The fourth-order valence-electron chi connectivity index (χ4n) is 2.34. The van der Waals surface area contributed by atoms with E-state index in [1.807, 2.05) is 6.92 Å². The number of methoxy groups -OCH3 is 1. The van der Waals surface area contributed by atoms with E-state index in [2.05, 4.69) is 4.98 Å². The third-order valence-corrected chi connectivity index (χ3v) is 3.41. The fraction of sp³-hybridized carbons (Fsp3) is 0.462. The van der Waals surface area contributed by atoms with Crippen molar-refractivity contribution in [3.05, 3.63) is 23.9 Å². The molecular weight excluding hydrogens is 248 g/mol. The lowest BCUT2D eigenvalue weighted by atomic mass is 9.99. The molecule has 0 saturated carbocycles. The normalized spacial score (nSPS) is 22.3. The number of rotatable bonds is 3. The lowest BCUT2D eigenvalue weighted by Gasteiger charge is -2.16. The van der Waals surface area contributed by atoms with Crippen molar-refractivity contribution in [3.8, 4) is 5.88 Å². The highest BCUT2D eigenvalue weighted by atomic mass is 16.5. The van der Waals surface area contributed by atoms with E-state index in [1.165, 1.54) is 7.11 Å². The van der Waals surface area contributed by atoms with Crippen molar-refractivity contribution in [2.45, 2.75) is 6.92 Å². The second-order valence-corrected chi connectivity index (χ2v) is 4.69. The van der Waals surface area contributed by atoms with Crippen LogP contribution in [0.15, 0.2) is 18.3 Å². The van der Waals surface area contributed by atoms with Gasteiger partial charge in [0, 0.05) is 19.3 Å². The number of amides is 1. The van der Waals surface area contributed by atoms with Crippen LogP contribution in [0.3, 0.4) is 0 Å². The first-order valence-electron chi connectivity index (χ1n) is 6.05. The number of ether oxygens (including phenoxy) is 1. The molecule has 2 unspecified atom stereocenters. The minimum Gasteiger partial charge on any atom is -0.481 e. The number of nitrogens with zero attached hydrogens (tertiary/aromatic N) is 2. The third-order valence-electron chi connectivity index (χ3n) is 3.41. The van der Waals surface area contributed by atoms with E-state index in [0.29, 0.717) is 12.1 Å². The molecule has 1 amide bonds. The highest BCUT2D eigenvalue weighted by Crippen LogP contribution is 2.26. The smallest absolute Gasteiger partial charge is 0.308 e. The van der Waals surface area contributed by atoms with Gasteiger partial charge in [0.05, 0.1) is 13.0 Å². The van der Waals surface area contributed by atoms with Gasteiger partial charge in [0.15, 0.2) is 0 Å². The van der Waals surface area contributed by atoms with E-state index in [9.17, 15) is 9.59 Å². The number of pyridine rings is 1. The molecule has 1 fully saturated rings. The summed E-state index contributed by atoms with van der Waals surface area (Å²) in [5.74, 6) is -1.39. The lowest BCUT2D eigenvalue weighted by Crippen LogP contribution is -2.30. The quantitative estimate of drug-likeness (QED) is 0.876. The van der Waals surface area contributed by atoms with Crippen molar-refractivity contribution in [2.75, 3.05) is 20.2 Å². The molecule has 6 heteroatoms. The van der Waals surface area contributed by atoms with Crippen LogP contribution in [-0.2, 0) is 4.79 Å². The summed E-state index contributed by atoms with van der Waals surface area (Å²) in [6.45, 7) is 2.51. The molecule has 1 aromatic rings. The maximum Gasteiger partial charge on any atom is 0.308 e. The Kier molecular flexibility index (Phi) is 3.69. The Morgan fingerprint density at radius 2 is 2.21 bits per heavy atom. The molecule has 6 nitrogen and oxygen atoms in total. The van der Waals surface area contributed by atoms with E-state index in [0.717, 1.165) is 0 Å². The van der Waals surface area contributed by atoms with Crippen LogP contribution in [0, 0.1) is 11.8 Å². The molecule has 1 saturated heterocycles. The Morgan fingerprint density at radius 1 is 1.47 bits per heavy atom. The zero-order valence-electron chi connectivity index (χ0n) is 10.9. The molecule has 19 heavy (non-hydrogen) atoms. The summed E-state index contributed by atoms with van der Waals surface area (Å²) in [5.41, 5.74) is 0.364. The fourth-order valence-corrected chi connectivity index (χ4v) is 2.34. The van der Waals surface area contributed by atoms with Gasteiger partial charge in [-0.2, -0.15) is 0 Å². The topological polar surface area (TPSA) is 79.7 Å². The first-order chi connectivity index (χ1) is 9.04. The van der Waals surface area contributed by atoms with E-state index in [4.69, 9.17) is 9.84 Å². The highest BCUT2D eigenvalue weighted by Gasteiger charge is 2.37. The van der Waals surface area contributed by atoms with Crippen molar-refractivity contribution < 1.29 is 19.4 Å². The minimum atomic E-state index is -0.860. The van der Waals surface area contributed by atoms with Crippen molar-refractivity contribution in [1.82, 2.24) is 9.88 Å². The molecule has 1 aliphatic rings. The first kappa shape index (κ1) is 13.3. The van der Waals surface area contributed by atoms with Crippen LogP contribution in [-0.4, -0.2) is 47.1 Å². The van der Waals surface area contributed by atoms with Crippen LogP contribution in [0.1, 0.15) is 17.3 Å². The summed E-state index contributed by atoms with van der Waals surface area (Å²) in [7, 11) is 1.45. The van der Waals surface area contributed by atoms with E-state index < -0.39 is 11.9 Å². The number of aromatic nitrogens is 1. The molecule has 0 spiro atoms. The monoisotopic (exact) mass is 264 g/mol. The van der Waals surface area contributed by atoms with Crippen LogP contribution < -0.4 is 4.74 Å². The largest absolute Gasteiger partial charge is 0.481 e. The second-order valence-electron chi connectivity index (χ2n) is 4.69. The summed E-state index contributed by atoms with van der Waals surface area (Å²) in [6.07, 6.45) is 1.54. The number of carbonyl (C=O) groups is 2. The molecule has 1 aliphatic heterocycles. The first-order valence-corrected chi connectivity index (χ1v) is 6.05. The van der Waals surface area contributed by atoms with Gasteiger partial charge in [-0.1, -0.05) is 6.92 Å². The number of likely N-dealkylation sites (tertiary alicyclic amines) is 1. The van der Waals surface area contributed by atoms with E-state index in [-0.39, 0.29) is 24.2 Å². The van der Waals surface area contributed by atoms with Gasteiger partial charge in [0.25, 0.3) is 5.91 Å². The van der Waals surface area contributed by atoms with Gasteiger partial charge >= 0.3 is 5.97 Å². The van der Waals surface area contributed by atoms with Crippen LogP contribution in [0.5, 0.6) is 5.88 Å². The van der Waals surface area contributed by atoms with Gasteiger partial charge < -0.3 is 14.7 Å². The average Bonchev–Trinajstić information content (AvgIpc) is 2.80. The number of hydrogen-bond acceptors (Lipinski definition) is 4. The van der Waals surface area contributed by atoms with Gasteiger partial charge in [-0.25, -0.2) is 4.98 Å². The molecule has 0 aliphatic carbocycles. The van der Waals surface area contributed by atoms with Crippen molar-refractivity contribution in [1.29, 1.82) is 0 Å². The molecule has 1 N–H and O–H groups in total. The Labute approximate surface area is 111 Å². The van der Waals surface area contributed by atoms with E-state index in [1.54, 1.807) is 23.2 Å². The third kappa shape index (κ3) is 2.52. The number of hydrogen-bond donors (Lipinski definition) is 1. The van der Waals surface area contributed by atoms with Gasteiger partial charge in [-0.05, 0) is 18.1 Å². The number of aliphatic carboxylic acids is 1. The van der Waals surface area contributed by atoms with Gasteiger partial charge in [0.2, 0.25) is 5.88 Å². The van der Waals surface area contributed by atoms with Crippen molar-refractivity contribution in [2.24, 2.45) is 11.8 Å². The van der Waals surface area contributed by atoms with Crippen molar-refractivity contribution in [3.63, 3.8) is 0 Å². The molecule has 0 bridgehead atoms. The Morgan fingerprint density at radius 3 is 2.79 bits per heavy atom. The van der Waals surface area contributed by atoms with Crippen LogP contribution in [0.4, 0.5) is 0 Å². The predicted molar refractivity (Wildman–Crippen MR) is 67.0 cm³/mol. The van der Waals surface area contributed by atoms with Gasteiger partial charge in [-0.3, -0.25) is 9.59 Å². The lowest BCUT2D eigenvalue weighted by molar-refractivity contribution is -0.142. The second kappa shape index (κ2) is 5.26. The molecular formula is C13H16N2O4. The number of carbonyl (C=O) groups excluding carboxylic acids is 1. The zero-order chi connectivity index (χ0) is 14.0. The molecule has 2 rings (SSSR count). The van der Waals surface area contributed by atoms with Crippen LogP contribution in [0.25, 0.3) is 0 Å². The van der Waals surface area contributed by atoms with Crippen molar-refractivity contribution >= 4 is 11.9 Å². The van der Waals surface area contributed by atoms with Crippen LogP contribution >= 0.6 is 0 Å².